The van der Waals surface area contributed by atoms with Crippen molar-refractivity contribution in [1.82, 2.24) is 21.4 Å². The van der Waals surface area contributed by atoms with E-state index in [0.717, 1.165) is 25.7 Å². The number of unbranched alkanes of at least 4 members (excludes halogenated alkanes) is 7. The summed E-state index contributed by atoms with van der Waals surface area (Å²) in [6, 6.07) is -0.681. The number of nitro groups is 1. The maximum Gasteiger partial charge on any atom is 0.251 e. The molecule has 0 aliphatic rings. The van der Waals surface area contributed by atoms with Gasteiger partial charge in [-0.15, -0.1) is 0 Å². The van der Waals surface area contributed by atoms with E-state index in [1.807, 2.05) is 13.8 Å². The second-order valence-corrected chi connectivity index (χ2v) is 8.50. The van der Waals surface area contributed by atoms with Crippen LogP contribution in [-0.4, -0.2) is 35.4 Å². The molecule has 185 valence electrons. The SMILES string of the molecule is CCCCCCCCCCC(=O)N[C@@H](CCCNC(=N)N[N+](=O)[O-])C(=O)N[CH]CC(C)C. The lowest BCUT2D eigenvalue weighted by Crippen LogP contribution is -2.46. The quantitative estimate of drug-likeness (QED) is 0.0662. The predicted octanol–water partition coefficient (Wildman–Crippen LogP) is 3.41. The summed E-state index contributed by atoms with van der Waals surface area (Å²) < 4.78 is 0. The average Bonchev–Trinajstić information content (AvgIpc) is 2.71. The number of guanidine groups is 1. The molecule has 0 fully saturated rings. The smallest absolute Gasteiger partial charge is 0.251 e. The van der Waals surface area contributed by atoms with Crippen molar-refractivity contribution in [1.29, 1.82) is 5.41 Å². The van der Waals surface area contributed by atoms with E-state index >= 15 is 0 Å². The predicted molar refractivity (Wildman–Crippen MR) is 126 cm³/mol. The molecule has 0 spiro atoms. The van der Waals surface area contributed by atoms with E-state index in [1.165, 1.54) is 32.1 Å². The topological polar surface area (TPSA) is 149 Å². The maximum absolute atomic E-state index is 12.5. The molecule has 0 aromatic carbocycles. The minimum atomic E-state index is -0.818. The number of nitrogens with one attached hydrogen (secondary N) is 5. The Hall–Kier alpha value is -2.39. The molecule has 32 heavy (non-hydrogen) atoms. The van der Waals surface area contributed by atoms with Crippen LogP contribution in [0.3, 0.4) is 0 Å². The molecule has 5 N–H and O–H groups in total. The number of hydrogen-bond donors (Lipinski definition) is 5. The van der Waals surface area contributed by atoms with Crippen LogP contribution in [0.25, 0.3) is 0 Å². The Morgan fingerprint density at radius 3 is 2.25 bits per heavy atom. The summed E-state index contributed by atoms with van der Waals surface area (Å²) >= 11 is 0. The third kappa shape index (κ3) is 18.4. The van der Waals surface area contributed by atoms with Crippen molar-refractivity contribution in [3.8, 4) is 0 Å². The second kappa shape index (κ2) is 19.3. The fourth-order valence-corrected chi connectivity index (χ4v) is 3.10. The van der Waals surface area contributed by atoms with Gasteiger partial charge >= 0.3 is 0 Å². The van der Waals surface area contributed by atoms with Crippen LogP contribution in [0.4, 0.5) is 0 Å². The van der Waals surface area contributed by atoms with Gasteiger partial charge in [0.05, 0.1) is 0 Å². The molecule has 0 saturated heterocycles. The number of hydrogen-bond acceptors (Lipinski definition) is 5. The molecule has 10 heteroatoms. The Kier molecular flexibility index (Phi) is 17.9. The lowest BCUT2D eigenvalue weighted by molar-refractivity contribution is -0.525. The van der Waals surface area contributed by atoms with Gasteiger partial charge < -0.3 is 16.0 Å². The van der Waals surface area contributed by atoms with Crippen LogP contribution in [0.15, 0.2) is 0 Å². The van der Waals surface area contributed by atoms with Crippen molar-refractivity contribution in [3.63, 3.8) is 0 Å². The lowest BCUT2D eigenvalue weighted by atomic mass is 10.1. The van der Waals surface area contributed by atoms with Gasteiger partial charge in [-0.3, -0.25) is 15.0 Å². The number of carbonyl (C=O) groups is 2. The molecular formula is C22H43N6O4. The van der Waals surface area contributed by atoms with Gasteiger partial charge in [-0.2, -0.15) is 0 Å². The van der Waals surface area contributed by atoms with E-state index in [2.05, 4.69) is 22.9 Å². The first kappa shape index (κ1) is 29.6. The summed E-state index contributed by atoms with van der Waals surface area (Å²) in [6.45, 7) is 8.27. The molecule has 0 unspecified atom stereocenters. The molecule has 0 aromatic rings. The fraction of sp³-hybridized carbons (Fsp3) is 0.818. The Bertz CT molecular complexity index is 557. The first-order valence-electron chi connectivity index (χ1n) is 11.9. The zero-order chi connectivity index (χ0) is 24.2. The molecule has 0 heterocycles. The van der Waals surface area contributed by atoms with Crippen molar-refractivity contribution >= 4 is 17.8 Å². The van der Waals surface area contributed by atoms with Gasteiger partial charge in [-0.05, 0) is 31.6 Å². The Morgan fingerprint density at radius 2 is 1.66 bits per heavy atom. The molecule has 2 amide bonds. The molecule has 0 aromatic heterocycles. The van der Waals surface area contributed by atoms with Crippen LogP contribution in [-0.2, 0) is 9.59 Å². The first-order valence-corrected chi connectivity index (χ1v) is 11.9. The molecule has 0 rings (SSSR count). The minimum absolute atomic E-state index is 0.143. The van der Waals surface area contributed by atoms with Crippen molar-refractivity contribution in [2.45, 2.75) is 104 Å². The normalized spacial score (nSPS) is 11.6. The summed E-state index contributed by atoms with van der Waals surface area (Å²) in [6.07, 6.45) is 11.1. The van der Waals surface area contributed by atoms with E-state index in [9.17, 15) is 19.7 Å². The summed E-state index contributed by atoms with van der Waals surface area (Å²) in [5.41, 5.74) is 1.71. The second-order valence-electron chi connectivity index (χ2n) is 8.50. The molecule has 1 atom stereocenters. The highest BCUT2D eigenvalue weighted by Crippen LogP contribution is 2.10. The Morgan fingerprint density at radius 1 is 1.03 bits per heavy atom. The van der Waals surface area contributed by atoms with Crippen LogP contribution in [0.1, 0.15) is 97.8 Å². The van der Waals surface area contributed by atoms with Gasteiger partial charge in [0.25, 0.3) is 5.96 Å². The van der Waals surface area contributed by atoms with Gasteiger partial charge in [0.2, 0.25) is 11.8 Å². The minimum Gasteiger partial charge on any atom is -0.352 e. The van der Waals surface area contributed by atoms with E-state index < -0.39 is 17.0 Å². The molecule has 0 aliphatic heterocycles. The Labute approximate surface area is 192 Å². The highest BCUT2D eigenvalue weighted by Gasteiger charge is 2.20. The summed E-state index contributed by atoms with van der Waals surface area (Å²) in [4.78, 5) is 35.2. The number of nitrogens with zero attached hydrogens (tertiary/aromatic N) is 1. The van der Waals surface area contributed by atoms with Crippen molar-refractivity contribution < 1.29 is 14.6 Å². The van der Waals surface area contributed by atoms with E-state index in [1.54, 1.807) is 12.0 Å². The molecule has 0 bridgehead atoms. The Balaban J connectivity index is 4.35. The highest BCUT2D eigenvalue weighted by molar-refractivity contribution is 5.87. The molecule has 10 nitrogen and oxygen atoms in total. The zero-order valence-corrected chi connectivity index (χ0v) is 20.0. The summed E-state index contributed by atoms with van der Waals surface area (Å²) in [5.74, 6) is -0.418. The van der Waals surface area contributed by atoms with Gasteiger partial charge in [-0.25, -0.2) is 10.1 Å². The molecule has 0 saturated carbocycles. The molecular weight excluding hydrogens is 412 g/mol. The highest BCUT2D eigenvalue weighted by atomic mass is 16.7. The van der Waals surface area contributed by atoms with E-state index in [4.69, 9.17) is 5.41 Å². The van der Waals surface area contributed by atoms with Gasteiger partial charge in [0.15, 0.2) is 5.03 Å². The van der Waals surface area contributed by atoms with Crippen molar-refractivity contribution in [3.05, 3.63) is 16.7 Å². The number of amides is 2. The maximum atomic E-state index is 12.5. The van der Waals surface area contributed by atoms with Crippen LogP contribution in [0.2, 0.25) is 0 Å². The monoisotopic (exact) mass is 455 g/mol. The zero-order valence-electron chi connectivity index (χ0n) is 20.0. The van der Waals surface area contributed by atoms with Gasteiger partial charge in [-0.1, -0.05) is 71.1 Å². The van der Waals surface area contributed by atoms with Crippen molar-refractivity contribution in [2.75, 3.05) is 6.54 Å². The first-order chi connectivity index (χ1) is 15.3. The van der Waals surface area contributed by atoms with Crippen molar-refractivity contribution in [2.24, 2.45) is 5.92 Å². The molecule has 0 aliphatic carbocycles. The third-order valence-electron chi connectivity index (χ3n) is 4.92. The third-order valence-corrected chi connectivity index (χ3v) is 4.92. The standard InChI is InChI=1S/C22H43N6O4/c1-4-5-6-7-8-9-10-11-14-20(29)26-19(21(30)24-17-15-18(2)3)13-12-16-25-22(23)27-28(31)32/h17-19H,4-16H2,1-3H3,(H,24,30)(H,26,29)(H3,23,25,27)/t19-/m0/s1. The van der Waals surface area contributed by atoms with Crippen LogP contribution in [0.5, 0.6) is 0 Å². The number of rotatable bonds is 19. The van der Waals surface area contributed by atoms with Gasteiger partial charge in [0.1, 0.15) is 6.04 Å². The summed E-state index contributed by atoms with van der Waals surface area (Å²) in [7, 11) is 0. The van der Waals surface area contributed by atoms with E-state index in [0.29, 0.717) is 25.2 Å². The average molecular weight is 456 g/mol. The number of hydrazine groups is 1. The van der Waals surface area contributed by atoms with Gasteiger partial charge in [0, 0.05) is 19.5 Å². The van der Waals surface area contributed by atoms with Crippen LogP contribution >= 0.6 is 0 Å². The fourth-order valence-electron chi connectivity index (χ4n) is 3.10. The number of carbonyl (C=O) groups excluding carboxylic acids is 2. The van der Waals surface area contributed by atoms with E-state index in [-0.39, 0.29) is 18.4 Å². The summed E-state index contributed by atoms with van der Waals surface area (Å²) in [5, 5.41) is 25.0. The van der Waals surface area contributed by atoms with Crippen LogP contribution < -0.4 is 21.4 Å². The molecule has 1 radical (unpaired) electrons. The largest absolute Gasteiger partial charge is 0.352 e. The lowest BCUT2D eigenvalue weighted by Gasteiger charge is -2.19. The van der Waals surface area contributed by atoms with Crippen LogP contribution in [0, 0.1) is 28.0 Å².